The van der Waals surface area contributed by atoms with Gasteiger partial charge in [-0.05, 0) is 69.6 Å². The second-order valence-corrected chi connectivity index (χ2v) is 9.28. The maximum Gasteiger partial charge on any atom is 0.243 e. The number of hydrogen-bond donors (Lipinski definition) is 1. The van der Waals surface area contributed by atoms with E-state index in [2.05, 4.69) is 11.4 Å². The summed E-state index contributed by atoms with van der Waals surface area (Å²) >= 11 is 0. The molecule has 0 bridgehead atoms. The molecule has 1 unspecified atom stereocenters. The zero-order valence-corrected chi connectivity index (χ0v) is 17.7. The number of hydrogen-bond acceptors (Lipinski definition) is 3. The molecule has 0 saturated heterocycles. The summed E-state index contributed by atoms with van der Waals surface area (Å²) in [5.74, 6) is -0.236. The maximum atomic E-state index is 12.8. The Hall–Kier alpha value is -1.82. The first-order valence-electron chi connectivity index (χ1n) is 9.76. The number of aryl methyl sites for hydroxylation is 2. The molecule has 1 aromatic carbocycles. The van der Waals surface area contributed by atoms with Gasteiger partial charge in [0.2, 0.25) is 15.9 Å². The lowest BCUT2D eigenvalue weighted by Gasteiger charge is -2.31. The van der Waals surface area contributed by atoms with Crippen LogP contribution >= 0.6 is 0 Å². The van der Waals surface area contributed by atoms with Crippen LogP contribution in [-0.2, 0) is 14.8 Å². The lowest BCUT2D eigenvalue weighted by molar-refractivity contribution is -0.122. The van der Waals surface area contributed by atoms with Crippen molar-refractivity contribution in [3.8, 4) is 0 Å². The van der Waals surface area contributed by atoms with Gasteiger partial charge >= 0.3 is 0 Å². The lowest BCUT2D eigenvalue weighted by Crippen LogP contribution is -2.49. The van der Waals surface area contributed by atoms with Gasteiger partial charge < -0.3 is 5.32 Å². The molecule has 0 fully saturated rings. The third-order valence-corrected chi connectivity index (χ3v) is 6.23. The van der Waals surface area contributed by atoms with Gasteiger partial charge in [-0.3, -0.25) is 9.10 Å². The number of allylic oxidation sites excluding steroid dienone is 1. The van der Waals surface area contributed by atoms with Gasteiger partial charge in [-0.25, -0.2) is 8.42 Å². The Morgan fingerprint density at radius 1 is 1.26 bits per heavy atom. The van der Waals surface area contributed by atoms with Gasteiger partial charge in [0.25, 0.3) is 0 Å². The highest BCUT2D eigenvalue weighted by Gasteiger charge is 2.32. The van der Waals surface area contributed by atoms with Gasteiger partial charge in [0.1, 0.15) is 6.04 Å². The number of nitrogens with zero attached hydrogens (tertiary/aromatic N) is 1. The summed E-state index contributed by atoms with van der Waals surface area (Å²) in [6.45, 7) is 6.18. The van der Waals surface area contributed by atoms with Crippen LogP contribution in [0.25, 0.3) is 0 Å². The maximum absolute atomic E-state index is 12.8. The van der Waals surface area contributed by atoms with Crippen LogP contribution in [0.15, 0.2) is 29.8 Å². The number of carbonyl (C=O) groups excluding carboxylic acids is 1. The summed E-state index contributed by atoms with van der Waals surface area (Å²) in [7, 11) is -3.60. The highest BCUT2D eigenvalue weighted by Crippen LogP contribution is 2.27. The standard InChI is InChI=1S/C21H32N2O3S/c1-5-19(21(24)22-14-13-18-9-7-6-8-10-18)23(27(4,25)26)20-15-16(2)11-12-17(20)3/h9,11-12,15,19H,5-8,10,13-14H2,1-4H3,(H,22,24). The van der Waals surface area contributed by atoms with Gasteiger partial charge in [-0.1, -0.05) is 30.7 Å². The fourth-order valence-corrected chi connectivity index (χ4v) is 4.85. The van der Waals surface area contributed by atoms with Crippen molar-refractivity contribution in [2.24, 2.45) is 0 Å². The van der Waals surface area contributed by atoms with Gasteiger partial charge in [-0.15, -0.1) is 0 Å². The molecule has 1 aliphatic carbocycles. The number of nitrogens with one attached hydrogen (secondary N) is 1. The molecule has 2 rings (SSSR count). The molecule has 1 atom stereocenters. The van der Waals surface area contributed by atoms with Crippen LogP contribution in [0.2, 0.25) is 0 Å². The molecule has 0 heterocycles. The summed E-state index contributed by atoms with van der Waals surface area (Å²) in [4.78, 5) is 12.8. The van der Waals surface area contributed by atoms with Gasteiger partial charge in [-0.2, -0.15) is 0 Å². The van der Waals surface area contributed by atoms with E-state index in [4.69, 9.17) is 0 Å². The molecule has 0 radical (unpaired) electrons. The summed E-state index contributed by atoms with van der Waals surface area (Å²) < 4.78 is 26.4. The molecular weight excluding hydrogens is 360 g/mol. The third-order valence-electron chi connectivity index (χ3n) is 5.06. The SMILES string of the molecule is CCC(C(=O)NCCC1=CCCCC1)N(c1cc(C)ccc1C)S(C)(=O)=O. The fourth-order valence-electron chi connectivity index (χ4n) is 3.59. The van der Waals surface area contributed by atoms with Crippen LogP contribution in [0, 0.1) is 13.8 Å². The monoisotopic (exact) mass is 392 g/mol. The molecule has 1 amide bonds. The van der Waals surface area contributed by atoms with Crippen LogP contribution in [0.4, 0.5) is 5.69 Å². The minimum atomic E-state index is -3.60. The molecule has 1 N–H and O–H groups in total. The van der Waals surface area contributed by atoms with E-state index in [0.717, 1.165) is 36.6 Å². The molecule has 0 aliphatic heterocycles. The predicted octanol–water partition coefficient (Wildman–Crippen LogP) is 3.85. The van der Waals surface area contributed by atoms with Crippen LogP contribution in [0.5, 0.6) is 0 Å². The molecule has 0 spiro atoms. The number of carbonyl (C=O) groups is 1. The zero-order chi connectivity index (χ0) is 20.0. The van der Waals surface area contributed by atoms with Crippen molar-refractivity contribution < 1.29 is 13.2 Å². The molecular formula is C21H32N2O3S. The lowest BCUT2D eigenvalue weighted by atomic mass is 9.97. The van der Waals surface area contributed by atoms with Crippen LogP contribution in [-0.4, -0.2) is 33.2 Å². The first-order chi connectivity index (χ1) is 12.7. The Labute approximate surface area is 163 Å². The average Bonchev–Trinajstić information content (AvgIpc) is 2.61. The summed E-state index contributed by atoms with van der Waals surface area (Å²) in [5, 5.41) is 2.95. The summed E-state index contributed by atoms with van der Waals surface area (Å²) in [5.41, 5.74) is 3.77. The summed E-state index contributed by atoms with van der Waals surface area (Å²) in [6, 6.07) is 4.92. The Balaban J connectivity index is 2.18. The van der Waals surface area contributed by atoms with E-state index in [9.17, 15) is 13.2 Å². The average molecular weight is 393 g/mol. The van der Waals surface area contributed by atoms with E-state index in [1.165, 1.54) is 22.7 Å². The highest BCUT2D eigenvalue weighted by atomic mass is 32.2. The second-order valence-electron chi connectivity index (χ2n) is 7.42. The molecule has 6 heteroatoms. The number of amides is 1. The second kappa shape index (κ2) is 9.40. The van der Waals surface area contributed by atoms with Crippen molar-refractivity contribution in [2.75, 3.05) is 17.1 Å². The van der Waals surface area contributed by atoms with Gasteiger partial charge in [0, 0.05) is 6.54 Å². The molecule has 0 aromatic heterocycles. The fraction of sp³-hybridized carbons (Fsp3) is 0.571. The van der Waals surface area contributed by atoms with E-state index in [1.54, 1.807) is 0 Å². The minimum absolute atomic E-state index is 0.236. The largest absolute Gasteiger partial charge is 0.354 e. The van der Waals surface area contributed by atoms with Crippen LogP contribution < -0.4 is 9.62 Å². The molecule has 0 saturated carbocycles. The first-order valence-corrected chi connectivity index (χ1v) is 11.6. The van der Waals surface area contributed by atoms with Crippen molar-refractivity contribution >= 4 is 21.6 Å². The number of anilines is 1. The van der Waals surface area contributed by atoms with E-state index < -0.39 is 16.1 Å². The molecule has 27 heavy (non-hydrogen) atoms. The Morgan fingerprint density at radius 3 is 2.59 bits per heavy atom. The molecule has 150 valence electrons. The minimum Gasteiger partial charge on any atom is -0.354 e. The topological polar surface area (TPSA) is 66.5 Å². The predicted molar refractivity (Wildman–Crippen MR) is 111 cm³/mol. The Bertz CT molecular complexity index is 800. The van der Waals surface area contributed by atoms with Gasteiger partial charge in [0.15, 0.2) is 0 Å². The van der Waals surface area contributed by atoms with E-state index in [0.29, 0.717) is 18.7 Å². The Kier molecular flexibility index (Phi) is 7.48. The van der Waals surface area contributed by atoms with E-state index in [-0.39, 0.29) is 5.91 Å². The summed E-state index contributed by atoms with van der Waals surface area (Å²) in [6.07, 6.45) is 9.36. The molecule has 1 aliphatic rings. The third kappa shape index (κ3) is 5.83. The van der Waals surface area contributed by atoms with Crippen LogP contribution in [0.3, 0.4) is 0 Å². The van der Waals surface area contributed by atoms with Crippen molar-refractivity contribution in [3.63, 3.8) is 0 Å². The van der Waals surface area contributed by atoms with Crippen molar-refractivity contribution in [1.82, 2.24) is 5.32 Å². The van der Waals surface area contributed by atoms with Gasteiger partial charge in [0.05, 0.1) is 11.9 Å². The zero-order valence-electron chi connectivity index (χ0n) is 16.9. The molecule has 1 aromatic rings. The normalized spacial score (nSPS) is 15.8. The number of sulfonamides is 1. The van der Waals surface area contributed by atoms with Crippen molar-refractivity contribution in [1.29, 1.82) is 0 Å². The Morgan fingerprint density at radius 2 is 2.00 bits per heavy atom. The smallest absolute Gasteiger partial charge is 0.243 e. The van der Waals surface area contributed by atoms with Crippen LogP contribution in [0.1, 0.15) is 56.6 Å². The highest BCUT2D eigenvalue weighted by molar-refractivity contribution is 7.92. The van der Waals surface area contributed by atoms with Crippen molar-refractivity contribution in [2.45, 2.75) is 65.3 Å². The molecule has 5 nitrogen and oxygen atoms in total. The first kappa shape index (κ1) is 21.5. The van der Waals surface area contributed by atoms with E-state index in [1.807, 2.05) is 39.0 Å². The quantitative estimate of drug-likeness (QED) is 0.683. The van der Waals surface area contributed by atoms with E-state index >= 15 is 0 Å². The number of benzene rings is 1. The number of rotatable bonds is 8. The van der Waals surface area contributed by atoms with Crippen molar-refractivity contribution in [3.05, 3.63) is 41.0 Å².